The van der Waals surface area contributed by atoms with Crippen molar-refractivity contribution < 1.29 is 8.42 Å². The van der Waals surface area contributed by atoms with Crippen LogP contribution in [0.15, 0.2) is 0 Å². The summed E-state index contributed by atoms with van der Waals surface area (Å²) in [6, 6.07) is -0.260. The summed E-state index contributed by atoms with van der Waals surface area (Å²) in [5.74, 6) is 0. The van der Waals surface area contributed by atoms with Gasteiger partial charge in [0.15, 0.2) is 9.84 Å². The van der Waals surface area contributed by atoms with Crippen molar-refractivity contribution in [2.45, 2.75) is 70.1 Å². The van der Waals surface area contributed by atoms with E-state index in [1.165, 1.54) is 25.5 Å². The second-order valence-electron chi connectivity index (χ2n) is 5.18. The van der Waals surface area contributed by atoms with Crippen molar-refractivity contribution in [1.29, 1.82) is 0 Å². The number of hydrogen-bond donors (Lipinski definition) is 1. The van der Waals surface area contributed by atoms with Crippen molar-refractivity contribution >= 4 is 9.84 Å². The summed E-state index contributed by atoms with van der Waals surface area (Å²) in [6.07, 6.45) is 7.95. The molecule has 3 nitrogen and oxygen atoms in total. The van der Waals surface area contributed by atoms with E-state index in [1.54, 1.807) is 13.8 Å². The van der Waals surface area contributed by atoms with Gasteiger partial charge in [-0.2, -0.15) is 0 Å². The standard InChI is InChI=1S/C12H27NO2S/c1-5-6-7-8-9-10-11(13)12(2,3)16(4,14)15/h11H,5-10,13H2,1-4H3. The van der Waals surface area contributed by atoms with Gasteiger partial charge in [-0.05, 0) is 20.3 Å². The van der Waals surface area contributed by atoms with E-state index in [1.807, 2.05) is 0 Å². The molecule has 98 valence electrons. The molecule has 0 aromatic carbocycles. The zero-order valence-corrected chi connectivity index (χ0v) is 11.9. The first-order valence-electron chi connectivity index (χ1n) is 6.18. The fraction of sp³-hybridized carbons (Fsp3) is 1.00. The smallest absolute Gasteiger partial charge is 0.154 e. The van der Waals surface area contributed by atoms with Crippen molar-refractivity contribution in [3.63, 3.8) is 0 Å². The Morgan fingerprint density at radius 2 is 1.62 bits per heavy atom. The van der Waals surface area contributed by atoms with Crippen LogP contribution < -0.4 is 5.73 Å². The van der Waals surface area contributed by atoms with Crippen molar-refractivity contribution in [2.24, 2.45) is 5.73 Å². The molecule has 0 rings (SSSR count). The third-order valence-corrected chi connectivity index (χ3v) is 5.68. The van der Waals surface area contributed by atoms with E-state index >= 15 is 0 Å². The molecule has 0 saturated heterocycles. The van der Waals surface area contributed by atoms with E-state index in [0.717, 1.165) is 19.3 Å². The van der Waals surface area contributed by atoms with Crippen LogP contribution in [-0.2, 0) is 9.84 Å². The Hall–Kier alpha value is -0.0900. The fourth-order valence-corrected chi connectivity index (χ4v) is 2.26. The van der Waals surface area contributed by atoms with Gasteiger partial charge in [0.2, 0.25) is 0 Å². The van der Waals surface area contributed by atoms with Gasteiger partial charge >= 0.3 is 0 Å². The first kappa shape index (κ1) is 15.9. The third kappa shape index (κ3) is 4.83. The van der Waals surface area contributed by atoms with Gasteiger partial charge in [-0.3, -0.25) is 0 Å². The van der Waals surface area contributed by atoms with E-state index in [9.17, 15) is 8.42 Å². The molecule has 0 saturated carbocycles. The van der Waals surface area contributed by atoms with Gasteiger partial charge in [-0.1, -0.05) is 39.0 Å². The highest BCUT2D eigenvalue weighted by atomic mass is 32.2. The Morgan fingerprint density at radius 3 is 2.06 bits per heavy atom. The molecular formula is C12H27NO2S. The number of unbranched alkanes of at least 4 members (excludes halogenated alkanes) is 4. The molecule has 0 amide bonds. The van der Waals surface area contributed by atoms with Crippen molar-refractivity contribution in [2.75, 3.05) is 6.26 Å². The zero-order chi connectivity index (χ0) is 12.8. The average Bonchev–Trinajstić information content (AvgIpc) is 2.15. The second-order valence-corrected chi connectivity index (χ2v) is 7.78. The van der Waals surface area contributed by atoms with Crippen LogP contribution in [0, 0.1) is 0 Å². The van der Waals surface area contributed by atoms with Crippen LogP contribution in [-0.4, -0.2) is 25.5 Å². The lowest BCUT2D eigenvalue weighted by Crippen LogP contribution is -2.48. The van der Waals surface area contributed by atoms with E-state index in [2.05, 4.69) is 6.92 Å². The average molecular weight is 249 g/mol. The third-order valence-electron chi connectivity index (χ3n) is 3.47. The van der Waals surface area contributed by atoms with Gasteiger partial charge in [0.25, 0.3) is 0 Å². The van der Waals surface area contributed by atoms with Gasteiger partial charge in [0, 0.05) is 12.3 Å². The molecule has 16 heavy (non-hydrogen) atoms. The maximum Gasteiger partial charge on any atom is 0.154 e. The van der Waals surface area contributed by atoms with Gasteiger partial charge < -0.3 is 5.73 Å². The Bertz CT molecular complexity index is 283. The van der Waals surface area contributed by atoms with Crippen LogP contribution in [0.4, 0.5) is 0 Å². The summed E-state index contributed by atoms with van der Waals surface area (Å²) in [5.41, 5.74) is 5.97. The summed E-state index contributed by atoms with van der Waals surface area (Å²) in [7, 11) is -3.07. The number of sulfone groups is 1. The maximum atomic E-state index is 11.5. The molecule has 0 aromatic heterocycles. The van der Waals surface area contributed by atoms with Crippen LogP contribution in [0.25, 0.3) is 0 Å². The first-order chi connectivity index (χ1) is 7.23. The molecule has 0 aliphatic heterocycles. The molecule has 2 N–H and O–H groups in total. The van der Waals surface area contributed by atoms with Gasteiger partial charge in [0.1, 0.15) is 0 Å². The Kier molecular flexibility index (Phi) is 6.56. The summed E-state index contributed by atoms with van der Waals surface area (Å²) >= 11 is 0. The molecule has 0 aliphatic rings. The number of hydrogen-bond acceptors (Lipinski definition) is 3. The van der Waals surface area contributed by atoms with Gasteiger partial charge in [0.05, 0.1) is 4.75 Å². The zero-order valence-electron chi connectivity index (χ0n) is 11.1. The van der Waals surface area contributed by atoms with Crippen LogP contribution in [0.5, 0.6) is 0 Å². The minimum Gasteiger partial charge on any atom is -0.326 e. The molecule has 1 atom stereocenters. The van der Waals surface area contributed by atoms with E-state index in [0.29, 0.717) is 0 Å². The summed E-state index contributed by atoms with van der Waals surface area (Å²) < 4.78 is 22.3. The van der Waals surface area contributed by atoms with Crippen molar-refractivity contribution in [3.8, 4) is 0 Å². The highest BCUT2D eigenvalue weighted by molar-refractivity contribution is 7.92. The molecule has 0 fully saturated rings. The lowest BCUT2D eigenvalue weighted by molar-refractivity contribution is 0.443. The normalized spacial score (nSPS) is 15.1. The van der Waals surface area contributed by atoms with Gasteiger partial charge in [-0.25, -0.2) is 8.42 Å². The van der Waals surface area contributed by atoms with E-state index in [4.69, 9.17) is 5.73 Å². The summed E-state index contributed by atoms with van der Waals surface area (Å²) in [5, 5.41) is 0. The largest absolute Gasteiger partial charge is 0.326 e. The van der Waals surface area contributed by atoms with Crippen LogP contribution in [0.3, 0.4) is 0 Å². The quantitative estimate of drug-likeness (QED) is 0.672. The predicted octanol–water partition coefficient (Wildman–Crippen LogP) is 2.50. The molecule has 0 aliphatic carbocycles. The minimum absolute atomic E-state index is 0.260. The minimum atomic E-state index is -3.07. The molecule has 0 radical (unpaired) electrons. The topological polar surface area (TPSA) is 60.2 Å². The summed E-state index contributed by atoms with van der Waals surface area (Å²) in [6.45, 7) is 5.62. The predicted molar refractivity (Wildman–Crippen MR) is 70.3 cm³/mol. The lowest BCUT2D eigenvalue weighted by atomic mass is 9.97. The Morgan fingerprint density at radius 1 is 1.12 bits per heavy atom. The van der Waals surface area contributed by atoms with Crippen LogP contribution in [0.2, 0.25) is 0 Å². The number of rotatable bonds is 8. The molecule has 0 spiro atoms. The molecule has 0 bridgehead atoms. The van der Waals surface area contributed by atoms with Crippen LogP contribution >= 0.6 is 0 Å². The lowest BCUT2D eigenvalue weighted by Gasteiger charge is -2.29. The molecular weight excluding hydrogens is 222 g/mol. The fourth-order valence-electron chi connectivity index (χ4n) is 1.59. The molecule has 0 heterocycles. The molecule has 1 unspecified atom stereocenters. The molecule has 0 aromatic rings. The second kappa shape index (κ2) is 6.60. The van der Waals surface area contributed by atoms with Crippen LogP contribution in [0.1, 0.15) is 59.3 Å². The highest BCUT2D eigenvalue weighted by Gasteiger charge is 2.36. The monoisotopic (exact) mass is 249 g/mol. The Labute approximate surface area is 101 Å². The van der Waals surface area contributed by atoms with Crippen molar-refractivity contribution in [3.05, 3.63) is 0 Å². The maximum absolute atomic E-state index is 11.5. The Balaban J connectivity index is 4.02. The molecule has 4 heteroatoms. The SMILES string of the molecule is CCCCCCCC(N)C(C)(C)S(C)(=O)=O. The summed E-state index contributed by atoms with van der Waals surface area (Å²) in [4.78, 5) is 0. The number of nitrogens with two attached hydrogens (primary N) is 1. The highest BCUT2D eigenvalue weighted by Crippen LogP contribution is 2.22. The van der Waals surface area contributed by atoms with Crippen molar-refractivity contribution in [1.82, 2.24) is 0 Å². The van der Waals surface area contributed by atoms with E-state index in [-0.39, 0.29) is 6.04 Å². The first-order valence-corrected chi connectivity index (χ1v) is 8.07. The van der Waals surface area contributed by atoms with Gasteiger partial charge in [-0.15, -0.1) is 0 Å². The van der Waals surface area contributed by atoms with E-state index < -0.39 is 14.6 Å².